The summed E-state index contributed by atoms with van der Waals surface area (Å²) in [7, 11) is -3.42. The van der Waals surface area contributed by atoms with Crippen molar-refractivity contribution in [1.82, 2.24) is 4.72 Å². The van der Waals surface area contributed by atoms with E-state index in [0.29, 0.717) is 6.42 Å². The molecule has 4 nitrogen and oxygen atoms in total. The van der Waals surface area contributed by atoms with Crippen LogP contribution in [0.5, 0.6) is 0 Å². The van der Waals surface area contributed by atoms with Crippen LogP contribution < -0.4 is 4.72 Å². The van der Waals surface area contributed by atoms with Crippen molar-refractivity contribution in [2.45, 2.75) is 43.0 Å². The Kier molecular flexibility index (Phi) is 3.75. The highest BCUT2D eigenvalue weighted by molar-refractivity contribution is 7.89. The fraction of sp³-hybridized carbons (Fsp3) is 0.538. The fourth-order valence-corrected chi connectivity index (χ4v) is 3.62. The Hall–Kier alpha value is -0.910. The van der Waals surface area contributed by atoms with E-state index in [4.69, 9.17) is 5.11 Å². The molecule has 1 aliphatic carbocycles. The molecule has 1 aromatic carbocycles. The summed E-state index contributed by atoms with van der Waals surface area (Å²) in [5.41, 5.74) is 0.661. The van der Waals surface area contributed by atoms with Crippen LogP contribution in [0.4, 0.5) is 0 Å². The second-order valence-electron chi connectivity index (χ2n) is 5.14. The minimum atomic E-state index is -3.42. The van der Waals surface area contributed by atoms with E-state index in [-0.39, 0.29) is 17.0 Å². The minimum absolute atomic E-state index is 0.0718. The first-order chi connectivity index (χ1) is 8.45. The van der Waals surface area contributed by atoms with Gasteiger partial charge in [0.2, 0.25) is 10.0 Å². The maximum absolute atomic E-state index is 12.1. The molecule has 1 aliphatic rings. The number of hydrogen-bond donors (Lipinski definition) is 2. The Balaban J connectivity index is 2.14. The van der Waals surface area contributed by atoms with Gasteiger partial charge in [-0.1, -0.05) is 12.1 Å². The molecule has 100 valence electrons. The highest BCUT2D eigenvalue weighted by Gasteiger charge is 2.36. The lowest BCUT2D eigenvalue weighted by Crippen LogP contribution is -2.50. The van der Waals surface area contributed by atoms with Crippen molar-refractivity contribution >= 4 is 10.0 Å². The predicted molar refractivity (Wildman–Crippen MR) is 69.8 cm³/mol. The molecule has 0 aliphatic heterocycles. The fourth-order valence-electron chi connectivity index (χ4n) is 2.16. The van der Waals surface area contributed by atoms with Crippen molar-refractivity contribution < 1.29 is 13.5 Å². The van der Waals surface area contributed by atoms with Crippen LogP contribution in [-0.2, 0) is 16.4 Å². The van der Waals surface area contributed by atoms with Crippen LogP contribution in [0.3, 0.4) is 0 Å². The zero-order valence-electron chi connectivity index (χ0n) is 10.5. The number of hydrogen-bond acceptors (Lipinski definition) is 3. The van der Waals surface area contributed by atoms with Crippen LogP contribution in [0.1, 0.15) is 31.7 Å². The molecule has 2 N–H and O–H groups in total. The quantitative estimate of drug-likeness (QED) is 0.850. The SMILES string of the molecule is CC1(NS(=O)(=O)c2ccc(CCO)cc2)CCC1. The van der Waals surface area contributed by atoms with Crippen LogP contribution in [0.15, 0.2) is 29.2 Å². The highest BCUT2D eigenvalue weighted by Crippen LogP contribution is 2.32. The van der Waals surface area contributed by atoms with Gasteiger partial charge >= 0.3 is 0 Å². The molecular formula is C13H19NO3S. The van der Waals surface area contributed by atoms with Gasteiger partial charge in [0.15, 0.2) is 0 Å². The van der Waals surface area contributed by atoms with E-state index in [1.165, 1.54) is 0 Å². The van der Waals surface area contributed by atoms with Gasteiger partial charge in [-0.2, -0.15) is 0 Å². The molecular weight excluding hydrogens is 250 g/mol. The molecule has 0 amide bonds. The largest absolute Gasteiger partial charge is 0.396 e. The topological polar surface area (TPSA) is 66.4 Å². The Morgan fingerprint density at radius 1 is 1.28 bits per heavy atom. The first-order valence-corrected chi connectivity index (χ1v) is 7.67. The summed E-state index contributed by atoms with van der Waals surface area (Å²) >= 11 is 0. The van der Waals surface area contributed by atoms with Gasteiger partial charge in [0.05, 0.1) is 4.90 Å². The van der Waals surface area contributed by atoms with Crippen LogP contribution in [-0.4, -0.2) is 25.7 Å². The predicted octanol–water partition coefficient (Wildman–Crippen LogP) is 1.44. The van der Waals surface area contributed by atoms with Crippen molar-refractivity contribution in [3.8, 4) is 0 Å². The average molecular weight is 269 g/mol. The van der Waals surface area contributed by atoms with Gasteiger partial charge in [0.25, 0.3) is 0 Å². The van der Waals surface area contributed by atoms with Crippen molar-refractivity contribution in [2.75, 3.05) is 6.61 Å². The van der Waals surface area contributed by atoms with Gasteiger partial charge in [-0.15, -0.1) is 0 Å². The summed E-state index contributed by atoms with van der Waals surface area (Å²) in [6.07, 6.45) is 3.42. The molecule has 0 atom stereocenters. The van der Waals surface area contributed by atoms with Crippen molar-refractivity contribution in [3.05, 3.63) is 29.8 Å². The van der Waals surface area contributed by atoms with Gasteiger partial charge in [0, 0.05) is 12.1 Å². The molecule has 1 saturated carbocycles. The first-order valence-electron chi connectivity index (χ1n) is 6.19. The number of aliphatic hydroxyl groups excluding tert-OH is 1. The van der Waals surface area contributed by atoms with E-state index >= 15 is 0 Å². The summed E-state index contributed by atoms with van der Waals surface area (Å²) in [5.74, 6) is 0. The summed E-state index contributed by atoms with van der Waals surface area (Å²) in [4.78, 5) is 0.289. The summed E-state index contributed by atoms with van der Waals surface area (Å²) in [6.45, 7) is 2.01. The molecule has 0 unspecified atom stereocenters. The molecule has 1 fully saturated rings. The molecule has 5 heteroatoms. The standard InChI is InChI=1S/C13H19NO3S/c1-13(8-2-9-13)14-18(16,17)12-5-3-11(4-6-12)7-10-15/h3-6,14-15H,2,7-10H2,1H3. The molecule has 18 heavy (non-hydrogen) atoms. The van der Waals surface area contributed by atoms with E-state index < -0.39 is 10.0 Å². The van der Waals surface area contributed by atoms with Crippen LogP contribution in [0, 0.1) is 0 Å². The monoisotopic (exact) mass is 269 g/mol. The molecule has 0 aromatic heterocycles. The maximum atomic E-state index is 12.1. The number of sulfonamides is 1. The van der Waals surface area contributed by atoms with Crippen LogP contribution >= 0.6 is 0 Å². The van der Waals surface area contributed by atoms with Crippen molar-refractivity contribution in [1.29, 1.82) is 0 Å². The Morgan fingerprint density at radius 3 is 2.33 bits per heavy atom. The lowest BCUT2D eigenvalue weighted by molar-refractivity contribution is 0.248. The zero-order valence-corrected chi connectivity index (χ0v) is 11.3. The van der Waals surface area contributed by atoms with Gasteiger partial charge in [0.1, 0.15) is 0 Å². The van der Waals surface area contributed by atoms with Crippen molar-refractivity contribution in [2.24, 2.45) is 0 Å². The summed E-state index contributed by atoms with van der Waals surface area (Å²) in [5, 5.41) is 8.81. The minimum Gasteiger partial charge on any atom is -0.396 e. The van der Waals surface area contributed by atoms with E-state index in [1.807, 2.05) is 6.92 Å². The smallest absolute Gasteiger partial charge is 0.241 e. The van der Waals surface area contributed by atoms with Gasteiger partial charge in [-0.05, 0) is 50.3 Å². The Labute approximate surface area is 108 Å². The third-order valence-electron chi connectivity index (χ3n) is 3.47. The molecule has 1 aromatic rings. The second-order valence-corrected chi connectivity index (χ2v) is 6.82. The van der Waals surface area contributed by atoms with Crippen LogP contribution in [0.2, 0.25) is 0 Å². The normalized spacial score (nSPS) is 18.3. The molecule has 0 bridgehead atoms. The number of rotatable bonds is 5. The van der Waals surface area contributed by atoms with E-state index in [0.717, 1.165) is 24.8 Å². The molecule has 0 saturated heterocycles. The van der Waals surface area contributed by atoms with Gasteiger partial charge in [-0.25, -0.2) is 13.1 Å². The number of benzene rings is 1. The van der Waals surface area contributed by atoms with Crippen molar-refractivity contribution in [3.63, 3.8) is 0 Å². The van der Waals surface area contributed by atoms with E-state index in [1.54, 1.807) is 24.3 Å². The van der Waals surface area contributed by atoms with Crippen LogP contribution in [0.25, 0.3) is 0 Å². The Bertz CT molecular complexity index is 504. The van der Waals surface area contributed by atoms with Gasteiger partial charge < -0.3 is 5.11 Å². The summed E-state index contributed by atoms with van der Waals surface area (Å²) < 4.78 is 27.1. The first kappa shape index (κ1) is 13.5. The Morgan fingerprint density at radius 2 is 1.89 bits per heavy atom. The molecule has 2 rings (SSSR count). The lowest BCUT2D eigenvalue weighted by atomic mass is 9.80. The number of aliphatic hydroxyl groups is 1. The summed E-state index contributed by atoms with van der Waals surface area (Å²) in [6, 6.07) is 6.67. The average Bonchev–Trinajstić information content (AvgIpc) is 2.28. The zero-order chi connectivity index (χ0) is 13.2. The third kappa shape index (κ3) is 2.91. The molecule has 0 heterocycles. The van der Waals surface area contributed by atoms with E-state index in [9.17, 15) is 8.42 Å². The highest BCUT2D eigenvalue weighted by atomic mass is 32.2. The molecule has 0 radical (unpaired) electrons. The number of nitrogens with one attached hydrogen (secondary N) is 1. The third-order valence-corrected chi connectivity index (χ3v) is 5.13. The maximum Gasteiger partial charge on any atom is 0.241 e. The van der Waals surface area contributed by atoms with Gasteiger partial charge in [-0.3, -0.25) is 0 Å². The molecule has 0 spiro atoms. The second kappa shape index (κ2) is 4.99. The van der Waals surface area contributed by atoms with E-state index in [2.05, 4.69) is 4.72 Å². The lowest BCUT2D eigenvalue weighted by Gasteiger charge is -2.38.